The second kappa shape index (κ2) is 4.65. The number of hydrogen-bond acceptors (Lipinski definition) is 6. The number of nitrogens with two attached hydrogens (primary N) is 1. The van der Waals surface area contributed by atoms with Gasteiger partial charge in [0, 0.05) is 18.8 Å². The van der Waals surface area contributed by atoms with Crippen LogP contribution >= 0.6 is 0 Å². The van der Waals surface area contributed by atoms with Gasteiger partial charge in [0.05, 0.1) is 0 Å². The molecule has 1 unspecified atom stereocenters. The van der Waals surface area contributed by atoms with Gasteiger partial charge < -0.3 is 10.6 Å². The maximum absolute atomic E-state index is 11.8. The van der Waals surface area contributed by atoms with Gasteiger partial charge in [-0.05, 0) is 17.7 Å². The minimum atomic E-state index is -4.31. The van der Waals surface area contributed by atoms with Gasteiger partial charge in [-0.1, -0.05) is 0 Å². The highest BCUT2D eigenvalue weighted by atomic mass is 32.2. The average Bonchev–Trinajstić information content (AvgIpc) is 2.63. The maximum atomic E-state index is 11.8. The highest BCUT2D eigenvalue weighted by Gasteiger charge is 2.36. The summed E-state index contributed by atoms with van der Waals surface area (Å²) in [7, 11) is -2.87. The number of likely N-dealkylation sites (N-methyl/N-ethyl adjacent to an activating group) is 1. The van der Waals surface area contributed by atoms with Gasteiger partial charge in [0.2, 0.25) is 5.78 Å². The van der Waals surface area contributed by atoms with E-state index in [9.17, 15) is 18.0 Å². The Morgan fingerprint density at radius 3 is 2.65 bits per heavy atom. The van der Waals surface area contributed by atoms with Crippen LogP contribution in [0, 0.1) is 0 Å². The molecule has 2 aliphatic rings. The van der Waals surface area contributed by atoms with E-state index in [1.165, 1.54) is 30.2 Å². The fourth-order valence-corrected chi connectivity index (χ4v) is 2.77. The monoisotopic (exact) mass is 300 g/mol. The molecule has 20 heavy (non-hydrogen) atoms. The summed E-state index contributed by atoms with van der Waals surface area (Å²) in [6.45, 7) is 0. The lowest BCUT2D eigenvalue weighted by atomic mass is 10.0. The minimum Gasteiger partial charge on any atom is -0.352 e. The molecule has 0 spiro atoms. The van der Waals surface area contributed by atoms with Crippen LogP contribution in [0.2, 0.25) is 0 Å². The van der Waals surface area contributed by atoms with Crippen molar-refractivity contribution in [2.45, 2.75) is 5.37 Å². The predicted octanol–water partition coefficient (Wildman–Crippen LogP) is -1.40. The summed E-state index contributed by atoms with van der Waals surface area (Å²) < 4.78 is 31.5. The first kappa shape index (κ1) is 14.1. The highest BCUT2D eigenvalue weighted by Crippen LogP contribution is 2.32. The average molecular weight is 300 g/mol. The SMILES string of the molecule is CN1C2=CC(=O)C(NNC(N)=O)=CC2=CC1S(=O)(=O)O. The Hall–Kier alpha value is -2.33. The van der Waals surface area contributed by atoms with Crippen LogP contribution < -0.4 is 16.6 Å². The molecule has 2 rings (SSSR count). The molecule has 0 fully saturated rings. The van der Waals surface area contributed by atoms with Crippen LogP contribution in [0.5, 0.6) is 0 Å². The van der Waals surface area contributed by atoms with E-state index in [2.05, 4.69) is 5.43 Å². The third-order valence-corrected chi connectivity index (χ3v) is 3.90. The number of hydrazine groups is 1. The molecule has 1 aliphatic heterocycles. The number of urea groups is 1. The van der Waals surface area contributed by atoms with Gasteiger partial charge in [0.1, 0.15) is 5.70 Å². The van der Waals surface area contributed by atoms with Crippen molar-refractivity contribution < 1.29 is 22.6 Å². The summed E-state index contributed by atoms with van der Waals surface area (Å²) in [6, 6.07) is -0.873. The summed E-state index contributed by atoms with van der Waals surface area (Å²) in [5, 5.41) is -1.25. The number of nitrogens with zero attached hydrogens (tertiary/aromatic N) is 1. The standard InChI is InChI=1S/C10H12N4O5S/c1-14-7-4-8(15)6(12-13-10(11)16)2-5(7)3-9(14)20(17,18)19/h2-4,9,12H,1H3,(H3,11,13,16)(H,17,18,19). The van der Waals surface area contributed by atoms with Gasteiger partial charge in [-0.15, -0.1) is 0 Å². The van der Waals surface area contributed by atoms with Crippen molar-refractivity contribution in [3.05, 3.63) is 35.2 Å². The van der Waals surface area contributed by atoms with Crippen LogP contribution in [0.3, 0.4) is 0 Å². The van der Waals surface area contributed by atoms with Gasteiger partial charge in [0.25, 0.3) is 10.1 Å². The number of carbonyl (C=O) groups excluding carboxylic acids is 2. The number of fused-ring (bicyclic) bond motifs is 1. The zero-order valence-electron chi connectivity index (χ0n) is 10.3. The largest absolute Gasteiger partial charge is 0.352 e. The zero-order valence-corrected chi connectivity index (χ0v) is 11.1. The molecule has 1 heterocycles. The van der Waals surface area contributed by atoms with E-state index in [0.717, 1.165) is 0 Å². The van der Waals surface area contributed by atoms with Gasteiger partial charge in [0.15, 0.2) is 5.37 Å². The predicted molar refractivity (Wildman–Crippen MR) is 68.2 cm³/mol. The van der Waals surface area contributed by atoms with Crippen LogP contribution in [0.4, 0.5) is 4.79 Å². The number of ketones is 1. The van der Waals surface area contributed by atoms with Crippen LogP contribution in [0.1, 0.15) is 0 Å². The minimum absolute atomic E-state index is 0.0307. The quantitative estimate of drug-likeness (QED) is 0.371. The van der Waals surface area contributed by atoms with Crippen LogP contribution in [-0.2, 0) is 14.9 Å². The lowest BCUT2D eigenvalue weighted by Gasteiger charge is -2.22. The lowest BCUT2D eigenvalue weighted by Crippen LogP contribution is -2.42. The molecular formula is C10H12N4O5S. The number of allylic oxidation sites excluding steroid dienone is 2. The van der Waals surface area contributed by atoms with Crippen LogP contribution in [-0.4, -0.2) is 42.1 Å². The third-order valence-electron chi connectivity index (χ3n) is 2.84. The maximum Gasteiger partial charge on any atom is 0.330 e. The molecule has 2 amide bonds. The smallest absolute Gasteiger partial charge is 0.330 e. The molecule has 0 aromatic carbocycles. The van der Waals surface area contributed by atoms with Crippen molar-refractivity contribution in [3.63, 3.8) is 0 Å². The van der Waals surface area contributed by atoms with Gasteiger partial charge >= 0.3 is 6.03 Å². The van der Waals surface area contributed by atoms with E-state index in [4.69, 9.17) is 10.3 Å². The van der Waals surface area contributed by atoms with Crippen molar-refractivity contribution >= 4 is 21.9 Å². The first-order valence-electron chi connectivity index (χ1n) is 5.40. The van der Waals surface area contributed by atoms with Gasteiger partial charge in [-0.3, -0.25) is 20.2 Å². The van der Waals surface area contributed by atoms with E-state index in [1.807, 2.05) is 5.43 Å². The molecular weight excluding hydrogens is 288 g/mol. The number of nitrogens with one attached hydrogen (secondary N) is 2. The molecule has 1 aliphatic carbocycles. The summed E-state index contributed by atoms with van der Waals surface area (Å²) >= 11 is 0. The van der Waals surface area contributed by atoms with Crippen molar-refractivity contribution in [1.82, 2.24) is 15.8 Å². The van der Waals surface area contributed by atoms with Gasteiger partial charge in [-0.2, -0.15) is 8.42 Å². The van der Waals surface area contributed by atoms with E-state index in [1.54, 1.807) is 0 Å². The van der Waals surface area contributed by atoms with Crippen LogP contribution in [0.15, 0.2) is 35.2 Å². The van der Waals surface area contributed by atoms with E-state index in [0.29, 0.717) is 11.3 Å². The molecule has 0 aromatic heterocycles. The summed E-state index contributed by atoms with van der Waals surface area (Å²) in [5.74, 6) is -0.464. The molecule has 108 valence electrons. The second-order valence-corrected chi connectivity index (χ2v) is 5.72. The molecule has 0 saturated heterocycles. The lowest BCUT2D eigenvalue weighted by molar-refractivity contribution is -0.111. The molecule has 5 N–H and O–H groups in total. The molecule has 0 saturated carbocycles. The molecule has 0 bridgehead atoms. The number of hydrogen-bond donors (Lipinski definition) is 4. The first-order valence-corrected chi connectivity index (χ1v) is 6.91. The van der Waals surface area contributed by atoms with Crippen molar-refractivity contribution in [1.29, 1.82) is 0 Å². The number of amides is 2. The second-order valence-electron chi connectivity index (χ2n) is 4.20. The molecule has 0 aromatic rings. The Bertz CT molecular complexity index is 676. The third kappa shape index (κ3) is 2.51. The molecule has 0 radical (unpaired) electrons. The van der Waals surface area contributed by atoms with Crippen molar-refractivity contribution in [2.24, 2.45) is 5.73 Å². The summed E-state index contributed by atoms with van der Waals surface area (Å²) in [4.78, 5) is 23.6. The Labute approximate surface area is 114 Å². The molecule has 9 nitrogen and oxygen atoms in total. The van der Waals surface area contributed by atoms with Gasteiger partial charge in [-0.25, -0.2) is 4.79 Å². The fourth-order valence-electron chi connectivity index (χ4n) is 1.94. The Morgan fingerprint density at radius 2 is 2.10 bits per heavy atom. The van der Waals surface area contributed by atoms with E-state index >= 15 is 0 Å². The molecule has 1 atom stereocenters. The summed E-state index contributed by atoms with van der Waals surface area (Å²) in [5.41, 5.74) is 10.1. The van der Waals surface area contributed by atoms with E-state index < -0.39 is 27.3 Å². The normalized spacial score (nSPS) is 21.7. The number of rotatable bonds is 3. The Kier molecular flexibility index (Phi) is 3.28. The fraction of sp³-hybridized carbons (Fsp3) is 0.200. The first-order chi connectivity index (χ1) is 9.20. The topological polar surface area (TPSA) is 142 Å². The zero-order chi connectivity index (χ0) is 15.1. The molecule has 10 heteroatoms. The number of carbonyl (C=O) groups is 2. The number of primary amides is 1. The summed E-state index contributed by atoms with van der Waals surface area (Å²) in [6.07, 6.45) is 3.84. The van der Waals surface area contributed by atoms with E-state index in [-0.39, 0.29) is 5.70 Å². The van der Waals surface area contributed by atoms with Crippen LogP contribution in [0.25, 0.3) is 0 Å². The Morgan fingerprint density at radius 1 is 1.45 bits per heavy atom. The highest BCUT2D eigenvalue weighted by molar-refractivity contribution is 7.86. The van der Waals surface area contributed by atoms with Crippen molar-refractivity contribution in [3.8, 4) is 0 Å². The Balaban J connectivity index is 2.32. The van der Waals surface area contributed by atoms with Crippen molar-refractivity contribution in [2.75, 3.05) is 7.05 Å².